The molecule has 0 saturated carbocycles. The highest BCUT2D eigenvalue weighted by atomic mass is 19.1. The Morgan fingerprint density at radius 3 is 3.00 bits per heavy atom. The third-order valence-electron chi connectivity index (χ3n) is 2.00. The Morgan fingerprint density at radius 1 is 1.46 bits per heavy atom. The zero-order chi connectivity index (χ0) is 9.42. The van der Waals surface area contributed by atoms with Crippen molar-refractivity contribution in [2.24, 2.45) is 0 Å². The van der Waals surface area contributed by atoms with Gasteiger partial charge in [-0.25, -0.2) is 4.39 Å². The van der Waals surface area contributed by atoms with Crippen molar-refractivity contribution in [3.8, 4) is 0 Å². The fourth-order valence-electron chi connectivity index (χ4n) is 1.44. The third kappa shape index (κ3) is 1.35. The highest BCUT2D eigenvalue weighted by Crippen LogP contribution is 2.29. The van der Waals surface area contributed by atoms with Crippen molar-refractivity contribution < 1.29 is 9.18 Å². The van der Waals surface area contributed by atoms with Crippen LogP contribution >= 0.6 is 0 Å². The number of nitrogens with one attached hydrogen (secondary N) is 2. The minimum atomic E-state index is -0.333. The van der Waals surface area contributed by atoms with Crippen molar-refractivity contribution in [3.05, 3.63) is 23.5 Å². The molecule has 0 aliphatic carbocycles. The summed E-state index contributed by atoms with van der Waals surface area (Å²) in [6.07, 6.45) is 0. The van der Waals surface area contributed by atoms with E-state index in [1.165, 1.54) is 12.1 Å². The molecule has 3 nitrogen and oxygen atoms in total. The summed E-state index contributed by atoms with van der Waals surface area (Å²) in [5.74, 6) is -0.474. The first-order chi connectivity index (χ1) is 6.16. The summed E-state index contributed by atoms with van der Waals surface area (Å²) in [7, 11) is 0. The molecule has 13 heavy (non-hydrogen) atoms. The molecule has 1 aliphatic heterocycles. The second-order valence-corrected chi connectivity index (χ2v) is 3.05. The van der Waals surface area contributed by atoms with E-state index < -0.39 is 0 Å². The number of benzene rings is 1. The first kappa shape index (κ1) is 8.04. The zero-order valence-corrected chi connectivity index (χ0v) is 7.15. The van der Waals surface area contributed by atoms with E-state index in [0.717, 1.165) is 11.3 Å². The van der Waals surface area contributed by atoms with Crippen molar-refractivity contribution in [2.75, 3.05) is 17.2 Å². The van der Waals surface area contributed by atoms with Gasteiger partial charge in [-0.05, 0) is 24.6 Å². The summed E-state index contributed by atoms with van der Waals surface area (Å²) < 4.78 is 12.9. The van der Waals surface area contributed by atoms with Crippen LogP contribution in [0.1, 0.15) is 5.56 Å². The molecule has 0 aromatic heterocycles. The van der Waals surface area contributed by atoms with Gasteiger partial charge >= 0.3 is 0 Å². The number of carbonyl (C=O) groups is 1. The average Bonchev–Trinajstić information content (AvgIpc) is 2.02. The number of anilines is 2. The number of hydrogen-bond acceptors (Lipinski definition) is 2. The molecule has 0 fully saturated rings. The number of fused-ring (bicyclic) bond motifs is 1. The molecule has 0 unspecified atom stereocenters. The van der Waals surface area contributed by atoms with E-state index in [4.69, 9.17) is 0 Å². The van der Waals surface area contributed by atoms with E-state index in [-0.39, 0.29) is 18.3 Å². The Bertz CT molecular complexity index is 376. The minimum absolute atomic E-state index is 0.141. The van der Waals surface area contributed by atoms with Gasteiger partial charge in [0.2, 0.25) is 5.91 Å². The molecule has 1 aromatic carbocycles. The number of halogens is 1. The Kier molecular flexibility index (Phi) is 1.69. The molecule has 1 amide bonds. The first-order valence-corrected chi connectivity index (χ1v) is 4.00. The van der Waals surface area contributed by atoms with Crippen LogP contribution in [0.25, 0.3) is 0 Å². The second kappa shape index (κ2) is 2.73. The zero-order valence-electron chi connectivity index (χ0n) is 7.15. The fraction of sp³-hybridized carbons (Fsp3) is 0.222. The smallest absolute Gasteiger partial charge is 0.243 e. The van der Waals surface area contributed by atoms with Crippen LogP contribution in [-0.2, 0) is 4.79 Å². The molecule has 1 aromatic rings. The SMILES string of the molecule is Cc1cc(F)cc2c1NCC(=O)N2. The maximum atomic E-state index is 12.9. The molecule has 0 atom stereocenters. The van der Waals surface area contributed by atoms with Gasteiger partial charge in [0.25, 0.3) is 0 Å². The maximum absolute atomic E-state index is 12.9. The molecule has 0 radical (unpaired) electrons. The van der Waals surface area contributed by atoms with E-state index in [0.29, 0.717) is 5.69 Å². The monoisotopic (exact) mass is 180 g/mol. The molecule has 1 heterocycles. The van der Waals surface area contributed by atoms with Crippen molar-refractivity contribution in [3.63, 3.8) is 0 Å². The highest BCUT2D eigenvalue weighted by Gasteiger charge is 2.16. The Labute approximate surface area is 74.9 Å². The van der Waals surface area contributed by atoms with E-state index in [1.54, 1.807) is 6.92 Å². The molecule has 0 bridgehead atoms. The predicted octanol–water partition coefficient (Wildman–Crippen LogP) is 1.50. The molecule has 0 spiro atoms. The molecule has 2 N–H and O–H groups in total. The van der Waals surface area contributed by atoms with E-state index in [1.807, 2.05) is 0 Å². The Hall–Kier alpha value is -1.58. The highest BCUT2D eigenvalue weighted by molar-refractivity contribution is 6.01. The van der Waals surface area contributed by atoms with Gasteiger partial charge in [-0.15, -0.1) is 0 Å². The molecular weight excluding hydrogens is 171 g/mol. The molecule has 4 heteroatoms. The lowest BCUT2D eigenvalue weighted by atomic mass is 10.1. The van der Waals surface area contributed by atoms with Crippen molar-refractivity contribution in [1.29, 1.82) is 0 Å². The molecular formula is C9H9FN2O. The van der Waals surface area contributed by atoms with Gasteiger partial charge in [0.15, 0.2) is 0 Å². The van der Waals surface area contributed by atoms with Gasteiger partial charge in [-0.2, -0.15) is 0 Å². The van der Waals surface area contributed by atoms with E-state index >= 15 is 0 Å². The largest absolute Gasteiger partial charge is 0.374 e. The third-order valence-corrected chi connectivity index (χ3v) is 2.00. The van der Waals surface area contributed by atoms with Gasteiger partial charge in [0, 0.05) is 0 Å². The number of hydrogen-bond donors (Lipinski definition) is 2. The summed E-state index contributed by atoms with van der Waals surface area (Å²) in [6, 6.07) is 2.75. The standard InChI is InChI=1S/C9H9FN2O/c1-5-2-6(10)3-7-9(5)11-4-8(13)12-7/h2-3,11H,4H2,1H3,(H,12,13). The lowest BCUT2D eigenvalue weighted by molar-refractivity contribution is -0.114. The predicted molar refractivity (Wildman–Crippen MR) is 48.3 cm³/mol. The topological polar surface area (TPSA) is 41.1 Å². The summed E-state index contributed by atoms with van der Waals surface area (Å²) in [5, 5.41) is 5.53. The van der Waals surface area contributed by atoms with Crippen LogP contribution in [-0.4, -0.2) is 12.5 Å². The van der Waals surface area contributed by atoms with E-state index in [9.17, 15) is 9.18 Å². The van der Waals surface area contributed by atoms with Gasteiger partial charge < -0.3 is 10.6 Å². The van der Waals surface area contributed by atoms with Crippen LogP contribution < -0.4 is 10.6 Å². The van der Waals surface area contributed by atoms with Crippen LogP contribution in [0.2, 0.25) is 0 Å². The van der Waals surface area contributed by atoms with Crippen LogP contribution in [0.4, 0.5) is 15.8 Å². The first-order valence-electron chi connectivity index (χ1n) is 4.00. The molecule has 0 saturated heterocycles. The van der Waals surface area contributed by atoms with Gasteiger partial charge in [-0.1, -0.05) is 0 Å². The normalized spacial score (nSPS) is 14.5. The molecule has 2 rings (SSSR count). The van der Waals surface area contributed by atoms with Crippen molar-refractivity contribution >= 4 is 17.3 Å². The lowest BCUT2D eigenvalue weighted by Gasteiger charge is -2.20. The van der Waals surface area contributed by atoms with Crippen LogP contribution in [0.15, 0.2) is 12.1 Å². The minimum Gasteiger partial charge on any atom is -0.374 e. The maximum Gasteiger partial charge on any atom is 0.243 e. The lowest BCUT2D eigenvalue weighted by Crippen LogP contribution is -2.27. The van der Waals surface area contributed by atoms with Crippen molar-refractivity contribution in [2.45, 2.75) is 6.92 Å². The number of rotatable bonds is 0. The van der Waals surface area contributed by atoms with Gasteiger partial charge in [0.1, 0.15) is 5.82 Å². The van der Waals surface area contributed by atoms with Crippen LogP contribution in [0, 0.1) is 12.7 Å². The number of carbonyl (C=O) groups excluding carboxylic acids is 1. The second-order valence-electron chi connectivity index (χ2n) is 3.05. The summed E-state index contributed by atoms with van der Waals surface area (Å²) in [4.78, 5) is 11.0. The number of amides is 1. The molecule has 1 aliphatic rings. The molecule has 68 valence electrons. The summed E-state index contributed by atoms with van der Waals surface area (Å²) in [6.45, 7) is 2.05. The van der Waals surface area contributed by atoms with Crippen LogP contribution in [0.5, 0.6) is 0 Å². The summed E-state index contributed by atoms with van der Waals surface area (Å²) in [5.41, 5.74) is 2.13. The van der Waals surface area contributed by atoms with E-state index in [2.05, 4.69) is 10.6 Å². The summed E-state index contributed by atoms with van der Waals surface area (Å²) >= 11 is 0. The quantitative estimate of drug-likeness (QED) is 0.635. The Balaban J connectivity index is 2.53. The average molecular weight is 180 g/mol. The number of aryl methyl sites for hydroxylation is 1. The fourth-order valence-corrected chi connectivity index (χ4v) is 1.44. The van der Waals surface area contributed by atoms with Crippen LogP contribution in [0.3, 0.4) is 0 Å². The van der Waals surface area contributed by atoms with Gasteiger partial charge in [0.05, 0.1) is 17.9 Å². The van der Waals surface area contributed by atoms with Gasteiger partial charge in [-0.3, -0.25) is 4.79 Å². The Morgan fingerprint density at radius 2 is 2.23 bits per heavy atom. The van der Waals surface area contributed by atoms with Crippen molar-refractivity contribution in [1.82, 2.24) is 0 Å².